The fourth-order valence-corrected chi connectivity index (χ4v) is 7.10. The first-order chi connectivity index (χ1) is 12.1. The monoisotopic (exact) mass is 437 g/mol. The number of halogens is 1. The van der Waals surface area contributed by atoms with Gasteiger partial charge in [-0.05, 0) is 65.7 Å². The first-order valence-corrected chi connectivity index (χ1v) is 11.9. The molecule has 0 amide bonds. The van der Waals surface area contributed by atoms with Crippen molar-refractivity contribution < 1.29 is 8.42 Å². The summed E-state index contributed by atoms with van der Waals surface area (Å²) in [5.41, 5.74) is 2.49. The van der Waals surface area contributed by atoms with E-state index in [1.807, 2.05) is 17.8 Å². The summed E-state index contributed by atoms with van der Waals surface area (Å²) in [6.45, 7) is 0.557. The molecule has 25 heavy (non-hydrogen) atoms. The third kappa shape index (κ3) is 3.29. The quantitative estimate of drug-likeness (QED) is 0.709. The van der Waals surface area contributed by atoms with E-state index in [0.29, 0.717) is 17.4 Å². The largest absolute Gasteiger partial charge is 0.243 e. The molecule has 2 aliphatic rings. The molecule has 2 aromatic rings. The van der Waals surface area contributed by atoms with Gasteiger partial charge in [-0.25, -0.2) is 8.42 Å². The van der Waals surface area contributed by atoms with Gasteiger partial charge in [0.2, 0.25) is 10.0 Å². The minimum absolute atomic E-state index is 0.0476. The van der Waals surface area contributed by atoms with Crippen LogP contribution in [-0.4, -0.2) is 30.8 Å². The Morgan fingerprint density at radius 3 is 2.56 bits per heavy atom. The fourth-order valence-electron chi connectivity index (χ4n) is 3.88. The molecule has 0 spiro atoms. The molecule has 2 aliphatic heterocycles. The molecule has 2 heterocycles. The number of hydrogen-bond donors (Lipinski definition) is 0. The van der Waals surface area contributed by atoms with E-state index in [1.165, 1.54) is 11.1 Å². The van der Waals surface area contributed by atoms with Crippen LogP contribution in [0.1, 0.15) is 23.6 Å². The zero-order chi connectivity index (χ0) is 17.4. The zero-order valence-electron chi connectivity index (χ0n) is 13.8. The molecule has 0 aliphatic carbocycles. The van der Waals surface area contributed by atoms with E-state index in [0.717, 1.165) is 28.8 Å². The van der Waals surface area contributed by atoms with Gasteiger partial charge in [0.25, 0.3) is 0 Å². The maximum atomic E-state index is 13.4. The molecule has 2 unspecified atom stereocenters. The number of thioether (sulfide) groups is 1. The van der Waals surface area contributed by atoms with Crippen LogP contribution in [0.25, 0.3) is 0 Å². The summed E-state index contributed by atoms with van der Waals surface area (Å²) in [7, 11) is -3.50. The second-order valence-corrected chi connectivity index (χ2v) is 10.5. The van der Waals surface area contributed by atoms with Gasteiger partial charge in [-0.1, -0.05) is 40.2 Å². The lowest BCUT2D eigenvalue weighted by Gasteiger charge is -2.39. The third-order valence-corrected chi connectivity index (χ3v) is 8.73. The maximum absolute atomic E-state index is 13.4. The molecule has 0 aromatic heterocycles. The Morgan fingerprint density at radius 1 is 1.08 bits per heavy atom. The summed E-state index contributed by atoms with van der Waals surface area (Å²) in [6, 6.07) is 15.3. The second-order valence-electron chi connectivity index (χ2n) is 6.59. The van der Waals surface area contributed by atoms with Gasteiger partial charge in [-0.3, -0.25) is 0 Å². The van der Waals surface area contributed by atoms with Crippen LogP contribution in [-0.2, 0) is 16.4 Å². The van der Waals surface area contributed by atoms with Crippen molar-refractivity contribution in [3.63, 3.8) is 0 Å². The Labute approximate surface area is 162 Å². The van der Waals surface area contributed by atoms with Crippen molar-refractivity contribution in [2.75, 3.05) is 18.1 Å². The van der Waals surface area contributed by atoms with Gasteiger partial charge in [0.1, 0.15) is 0 Å². The molecular formula is C19H20BrNO2S2. The number of rotatable bonds is 3. The van der Waals surface area contributed by atoms with Crippen LogP contribution in [0.2, 0.25) is 0 Å². The van der Waals surface area contributed by atoms with E-state index in [9.17, 15) is 8.42 Å². The Balaban J connectivity index is 1.78. The number of nitrogens with zero attached hydrogens (tertiary/aromatic N) is 1. The lowest BCUT2D eigenvalue weighted by atomic mass is 9.86. The molecule has 0 N–H and O–H groups in total. The molecule has 2 aromatic carbocycles. The van der Waals surface area contributed by atoms with E-state index in [2.05, 4.69) is 34.1 Å². The Bertz CT molecular complexity index is 861. The molecule has 1 saturated heterocycles. The predicted molar refractivity (Wildman–Crippen MR) is 106 cm³/mol. The van der Waals surface area contributed by atoms with E-state index < -0.39 is 10.0 Å². The van der Waals surface area contributed by atoms with Crippen molar-refractivity contribution in [3.05, 3.63) is 64.1 Å². The van der Waals surface area contributed by atoms with E-state index >= 15 is 0 Å². The average Bonchev–Trinajstić information content (AvgIpc) is 3.15. The highest BCUT2D eigenvalue weighted by Crippen LogP contribution is 2.43. The number of benzene rings is 2. The summed E-state index contributed by atoms with van der Waals surface area (Å²) in [5.74, 6) is 2.54. The minimum atomic E-state index is -3.50. The van der Waals surface area contributed by atoms with Crippen molar-refractivity contribution in [1.29, 1.82) is 0 Å². The average molecular weight is 438 g/mol. The first-order valence-electron chi connectivity index (χ1n) is 8.50. The summed E-state index contributed by atoms with van der Waals surface area (Å²) in [4.78, 5) is 0.380. The Kier molecular flexibility index (Phi) is 4.97. The summed E-state index contributed by atoms with van der Waals surface area (Å²) < 4.78 is 29.4. The molecular weight excluding hydrogens is 418 g/mol. The van der Waals surface area contributed by atoms with Gasteiger partial charge >= 0.3 is 0 Å². The molecule has 2 atom stereocenters. The van der Waals surface area contributed by atoms with E-state index in [4.69, 9.17) is 0 Å². The van der Waals surface area contributed by atoms with Gasteiger partial charge in [-0.15, -0.1) is 0 Å². The highest BCUT2D eigenvalue weighted by Gasteiger charge is 2.41. The van der Waals surface area contributed by atoms with Crippen molar-refractivity contribution in [2.45, 2.75) is 23.8 Å². The normalized spacial score (nSPS) is 24.2. The van der Waals surface area contributed by atoms with Crippen LogP contribution in [0.3, 0.4) is 0 Å². The smallest absolute Gasteiger partial charge is 0.207 e. The zero-order valence-corrected chi connectivity index (χ0v) is 17.0. The molecule has 6 heteroatoms. The molecule has 3 nitrogen and oxygen atoms in total. The highest BCUT2D eigenvalue weighted by atomic mass is 79.9. The number of hydrogen-bond acceptors (Lipinski definition) is 3. The molecule has 132 valence electrons. The summed E-state index contributed by atoms with van der Waals surface area (Å²) >= 11 is 5.32. The van der Waals surface area contributed by atoms with Crippen LogP contribution in [0.4, 0.5) is 0 Å². The van der Waals surface area contributed by atoms with Crippen LogP contribution in [0, 0.1) is 5.92 Å². The minimum Gasteiger partial charge on any atom is -0.207 e. The van der Waals surface area contributed by atoms with Gasteiger partial charge < -0.3 is 0 Å². The van der Waals surface area contributed by atoms with E-state index in [1.54, 1.807) is 28.6 Å². The van der Waals surface area contributed by atoms with Crippen LogP contribution < -0.4 is 0 Å². The van der Waals surface area contributed by atoms with Crippen molar-refractivity contribution in [3.8, 4) is 0 Å². The fraction of sp³-hybridized carbons (Fsp3) is 0.368. The van der Waals surface area contributed by atoms with Gasteiger partial charge in [0, 0.05) is 11.0 Å². The summed E-state index contributed by atoms with van der Waals surface area (Å²) in [5, 5.41) is 0. The van der Waals surface area contributed by atoms with Gasteiger partial charge in [-0.2, -0.15) is 16.1 Å². The standard InChI is InChI=1S/C19H20BrNO2S2/c20-16-5-7-17(8-6-16)25(22,23)21-11-9-14-3-1-2-4-18(14)19(21)15-10-12-24-13-15/h1-8,15,19H,9-13H2. The maximum Gasteiger partial charge on any atom is 0.243 e. The lowest BCUT2D eigenvalue weighted by Crippen LogP contribution is -2.43. The van der Waals surface area contributed by atoms with Gasteiger partial charge in [0.15, 0.2) is 0 Å². The second kappa shape index (κ2) is 7.06. The van der Waals surface area contributed by atoms with Gasteiger partial charge in [0.05, 0.1) is 10.9 Å². The van der Waals surface area contributed by atoms with Crippen molar-refractivity contribution in [2.24, 2.45) is 5.92 Å². The molecule has 0 saturated carbocycles. The third-order valence-electron chi connectivity index (χ3n) is 5.12. The summed E-state index contributed by atoms with van der Waals surface area (Å²) in [6.07, 6.45) is 1.86. The SMILES string of the molecule is O=S(=O)(c1ccc(Br)cc1)N1CCc2ccccc2C1C1CCSC1. The van der Waals surface area contributed by atoms with Crippen molar-refractivity contribution in [1.82, 2.24) is 4.31 Å². The molecule has 0 radical (unpaired) electrons. The topological polar surface area (TPSA) is 37.4 Å². The molecule has 1 fully saturated rings. The first kappa shape index (κ1) is 17.6. The lowest BCUT2D eigenvalue weighted by molar-refractivity contribution is 0.240. The predicted octanol–water partition coefficient (Wildman–Crippen LogP) is 4.49. The highest BCUT2D eigenvalue weighted by molar-refractivity contribution is 9.10. The Hall–Kier alpha value is -0.820. The van der Waals surface area contributed by atoms with E-state index in [-0.39, 0.29) is 6.04 Å². The molecule has 0 bridgehead atoms. The molecule has 4 rings (SSSR count). The number of sulfonamides is 1. The van der Waals surface area contributed by atoms with Crippen LogP contribution in [0.15, 0.2) is 57.9 Å². The van der Waals surface area contributed by atoms with Crippen LogP contribution in [0.5, 0.6) is 0 Å². The van der Waals surface area contributed by atoms with Crippen LogP contribution >= 0.6 is 27.7 Å². The number of fused-ring (bicyclic) bond motifs is 1. The Morgan fingerprint density at radius 2 is 1.84 bits per heavy atom. The van der Waals surface area contributed by atoms with Crippen molar-refractivity contribution >= 4 is 37.7 Å².